The van der Waals surface area contributed by atoms with E-state index in [0.717, 1.165) is 18.4 Å². The van der Waals surface area contributed by atoms with Crippen molar-refractivity contribution in [3.05, 3.63) is 29.8 Å². The number of hydrazone groups is 1. The summed E-state index contributed by atoms with van der Waals surface area (Å²) >= 11 is 0. The zero-order chi connectivity index (χ0) is 13.0. The molecule has 0 unspecified atom stereocenters. The van der Waals surface area contributed by atoms with Crippen molar-refractivity contribution in [2.24, 2.45) is 5.10 Å². The van der Waals surface area contributed by atoms with Crippen LogP contribution in [0.5, 0.6) is 0 Å². The molecule has 0 radical (unpaired) electrons. The number of anilines is 1. The molecule has 1 aromatic carbocycles. The number of hydrogen-bond acceptors (Lipinski definition) is 5. The summed E-state index contributed by atoms with van der Waals surface area (Å²) in [5.41, 5.74) is 3.77. The number of nitrogens with zero attached hydrogens (tertiary/aromatic N) is 4. The second-order valence-electron chi connectivity index (χ2n) is 4.07. The maximum Gasteiger partial charge on any atom is 0.237 e. The Morgan fingerprint density at radius 2 is 1.72 bits per heavy atom. The Hall–Kier alpha value is -2.84. The quantitative estimate of drug-likeness (QED) is 0.640. The molecule has 0 saturated heterocycles. The third-order valence-electron chi connectivity index (χ3n) is 2.91. The van der Waals surface area contributed by atoms with Gasteiger partial charge in [0.15, 0.2) is 0 Å². The molecule has 1 fully saturated rings. The topological polar surface area (TPSA) is 95.8 Å². The van der Waals surface area contributed by atoms with Crippen molar-refractivity contribution in [3.8, 4) is 18.2 Å². The Kier molecular flexibility index (Phi) is 2.96. The largest absolute Gasteiger partial charge is 0.277 e. The van der Waals surface area contributed by atoms with Crippen molar-refractivity contribution in [3.63, 3.8) is 0 Å². The fourth-order valence-corrected chi connectivity index (χ4v) is 1.65. The van der Waals surface area contributed by atoms with Crippen LogP contribution in [0.25, 0.3) is 0 Å². The lowest BCUT2D eigenvalue weighted by Crippen LogP contribution is -2.02. The lowest BCUT2D eigenvalue weighted by Gasteiger charge is -2.06. The summed E-state index contributed by atoms with van der Waals surface area (Å²) in [4.78, 5) is 0. The second kappa shape index (κ2) is 4.57. The van der Waals surface area contributed by atoms with Crippen LogP contribution in [-0.4, -0.2) is 5.71 Å². The highest BCUT2D eigenvalue weighted by Crippen LogP contribution is 2.47. The van der Waals surface area contributed by atoms with Gasteiger partial charge in [0, 0.05) is 0 Å². The van der Waals surface area contributed by atoms with Gasteiger partial charge in [-0.3, -0.25) is 5.43 Å². The fourth-order valence-electron chi connectivity index (χ4n) is 1.65. The van der Waals surface area contributed by atoms with Gasteiger partial charge in [-0.1, -0.05) is 12.1 Å². The number of nitriles is 3. The number of nitrogens with one attached hydrogen (secondary N) is 1. The number of rotatable bonds is 3. The zero-order valence-corrected chi connectivity index (χ0v) is 9.51. The molecule has 1 aliphatic rings. The van der Waals surface area contributed by atoms with Crippen LogP contribution in [0.4, 0.5) is 5.69 Å². The van der Waals surface area contributed by atoms with E-state index < -0.39 is 0 Å². The van der Waals surface area contributed by atoms with E-state index in [9.17, 15) is 0 Å². The van der Waals surface area contributed by atoms with Crippen LogP contribution in [0.1, 0.15) is 18.4 Å². The Morgan fingerprint density at radius 3 is 2.17 bits per heavy atom. The molecule has 86 valence electrons. The molecular weight excluding hydrogens is 226 g/mol. The summed E-state index contributed by atoms with van der Waals surface area (Å²) in [6.07, 6.45) is 1.81. The van der Waals surface area contributed by atoms with Crippen LogP contribution < -0.4 is 5.43 Å². The van der Waals surface area contributed by atoms with E-state index in [2.05, 4.69) is 16.6 Å². The molecule has 2 rings (SSSR count). The normalized spacial score (nSPS) is 14.5. The minimum Gasteiger partial charge on any atom is -0.277 e. The molecule has 1 aliphatic carbocycles. The van der Waals surface area contributed by atoms with Crippen molar-refractivity contribution in [2.45, 2.75) is 18.3 Å². The van der Waals surface area contributed by atoms with E-state index in [-0.39, 0.29) is 11.1 Å². The predicted molar refractivity (Wildman–Crippen MR) is 65.3 cm³/mol. The smallest absolute Gasteiger partial charge is 0.237 e. The van der Waals surface area contributed by atoms with E-state index in [4.69, 9.17) is 15.8 Å². The average Bonchev–Trinajstić information content (AvgIpc) is 3.22. The van der Waals surface area contributed by atoms with Gasteiger partial charge in [-0.2, -0.15) is 20.9 Å². The van der Waals surface area contributed by atoms with E-state index in [1.165, 1.54) is 0 Å². The first kappa shape index (κ1) is 11.6. The van der Waals surface area contributed by atoms with Gasteiger partial charge in [0.25, 0.3) is 0 Å². The Morgan fingerprint density at radius 1 is 1.11 bits per heavy atom. The van der Waals surface area contributed by atoms with Crippen LogP contribution in [0.15, 0.2) is 29.4 Å². The third-order valence-corrected chi connectivity index (χ3v) is 2.91. The Balaban J connectivity index is 2.11. The van der Waals surface area contributed by atoms with Gasteiger partial charge in [-0.15, -0.1) is 0 Å². The van der Waals surface area contributed by atoms with E-state index in [1.807, 2.05) is 12.1 Å². The van der Waals surface area contributed by atoms with Gasteiger partial charge in [-0.05, 0) is 30.5 Å². The monoisotopic (exact) mass is 235 g/mol. The maximum absolute atomic E-state index is 9.06. The number of hydrogen-bond donors (Lipinski definition) is 1. The van der Waals surface area contributed by atoms with Gasteiger partial charge >= 0.3 is 0 Å². The average molecular weight is 235 g/mol. The highest BCUT2D eigenvalue weighted by atomic mass is 15.3. The standard InChI is InChI=1S/C13H9N5/c14-7-12(8-15)18-17-11-3-1-10(2-4-11)13(9-16)5-6-13/h1-4,17H,5-6H2. The minimum absolute atomic E-state index is 0.227. The molecule has 0 atom stereocenters. The minimum atomic E-state index is -0.299. The third kappa shape index (κ3) is 2.14. The maximum atomic E-state index is 9.06. The van der Waals surface area contributed by atoms with E-state index in [1.54, 1.807) is 24.3 Å². The number of benzene rings is 1. The Labute approximate surface area is 105 Å². The first-order chi connectivity index (χ1) is 8.74. The van der Waals surface area contributed by atoms with Gasteiger partial charge in [0.2, 0.25) is 5.71 Å². The predicted octanol–water partition coefficient (Wildman–Crippen LogP) is 2.06. The second-order valence-corrected chi connectivity index (χ2v) is 4.07. The summed E-state index contributed by atoms with van der Waals surface area (Å²) < 4.78 is 0. The fraction of sp³-hybridized carbons (Fsp3) is 0.231. The van der Waals surface area contributed by atoms with Crippen LogP contribution >= 0.6 is 0 Å². The van der Waals surface area contributed by atoms with Gasteiger partial charge in [0.05, 0.1) is 17.2 Å². The first-order valence-electron chi connectivity index (χ1n) is 5.40. The molecule has 0 bridgehead atoms. The van der Waals surface area contributed by atoms with Gasteiger partial charge in [0.1, 0.15) is 12.1 Å². The van der Waals surface area contributed by atoms with Crippen molar-refractivity contribution >= 4 is 11.4 Å². The zero-order valence-electron chi connectivity index (χ0n) is 9.51. The lowest BCUT2D eigenvalue weighted by molar-refractivity contribution is 0.908. The Bertz CT molecular complexity index is 587. The summed E-state index contributed by atoms with van der Waals surface area (Å²) in [5.74, 6) is 0. The van der Waals surface area contributed by atoms with Crippen LogP contribution in [-0.2, 0) is 5.41 Å². The molecule has 0 spiro atoms. The molecule has 18 heavy (non-hydrogen) atoms. The van der Waals surface area contributed by atoms with Crippen LogP contribution in [0, 0.1) is 34.0 Å². The molecule has 1 N–H and O–H groups in total. The lowest BCUT2D eigenvalue weighted by atomic mass is 9.98. The van der Waals surface area contributed by atoms with Crippen LogP contribution in [0.2, 0.25) is 0 Å². The molecule has 5 heteroatoms. The summed E-state index contributed by atoms with van der Waals surface area (Å²) in [5, 5.41) is 29.7. The molecule has 0 aliphatic heterocycles. The molecule has 0 aromatic heterocycles. The van der Waals surface area contributed by atoms with E-state index in [0.29, 0.717) is 5.69 Å². The molecular formula is C13H9N5. The van der Waals surface area contributed by atoms with Crippen molar-refractivity contribution in [2.75, 3.05) is 5.43 Å². The molecule has 1 aromatic rings. The highest BCUT2D eigenvalue weighted by molar-refractivity contribution is 6.10. The highest BCUT2D eigenvalue weighted by Gasteiger charge is 2.44. The van der Waals surface area contributed by atoms with Crippen molar-refractivity contribution < 1.29 is 0 Å². The summed E-state index contributed by atoms with van der Waals surface area (Å²) in [6, 6.07) is 12.9. The molecule has 5 nitrogen and oxygen atoms in total. The van der Waals surface area contributed by atoms with E-state index >= 15 is 0 Å². The summed E-state index contributed by atoms with van der Waals surface area (Å²) in [7, 11) is 0. The molecule has 0 amide bonds. The molecule has 0 heterocycles. The van der Waals surface area contributed by atoms with Crippen molar-refractivity contribution in [1.82, 2.24) is 0 Å². The summed E-state index contributed by atoms with van der Waals surface area (Å²) in [6.45, 7) is 0. The SMILES string of the molecule is N#CC(C#N)=NNc1ccc(C2(C#N)CC2)cc1. The molecule has 1 saturated carbocycles. The van der Waals surface area contributed by atoms with Gasteiger partial charge < -0.3 is 0 Å². The van der Waals surface area contributed by atoms with Crippen LogP contribution in [0.3, 0.4) is 0 Å². The first-order valence-corrected chi connectivity index (χ1v) is 5.40. The van der Waals surface area contributed by atoms with Crippen molar-refractivity contribution in [1.29, 1.82) is 15.8 Å². The van der Waals surface area contributed by atoms with Gasteiger partial charge in [-0.25, -0.2) is 0 Å².